The van der Waals surface area contributed by atoms with Crippen LogP contribution in [0.25, 0.3) is 0 Å². The standard InChI is InChI=1S/C14H10N2O.ClH/c17-16-11-14-8-13(9-15-10-14)7-6-12-4-2-1-3-5-12;/h1-5,8-11,17H;1H. The SMILES string of the molecule is Cl.ON=Cc1cncc(C#Cc2ccccc2)c1. The summed E-state index contributed by atoms with van der Waals surface area (Å²) in [5, 5.41) is 11.4. The van der Waals surface area contributed by atoms with Gasteiger partial charge in [-0.1, -0.05) is 35.2 Å². The summed E-state index contributed by atoms with van der Waals surface area (Å²) in [7, 11) is 0. The predicted octanol–water partition coefficient (Wildman–Crippen LogP) is 2.71. The molecule has 0 fully saturated rings. The molecule has 0 unspecified atom stereocenters. The molecule has 90 valence electrons. The zero-order chi connectivity index (χ0) is 11.9. The van der Waals surface area contributed by atoms with Gasteiger partial charge in [0.25, 0.3) is 0 Å². The van der Waals surface area contributed by atoms with Crippen molar-refractivity contribution in [1.82, 2.24) is 4.98 Å². The molecule has 0 radical (unpaired) electrons. The molecule has 0 atom stereocenters. The molecule has 1 heterocycles. The molecule has 0 spiro atoms. The lowest BCUT2D eigenvalue weighted by molar-refractivity contribution is 0.322. The second-order valence-corrected chi connectivity index (χ2v) is 3.37. The summed E-state index contributed by atoms with van der Waals surface area (Å²) in [5.74, 6) is 6.04. The van der Waals surface area contributed by atoms with Crippen LogP contribution in [0.3, 0.4) is 0 Å². The molecule has 1 N–H and O–H groups in total. The van der Waals surface area contributed by atoms with Crippen molar-refractivity contribution in [2.45, 2.75) is 0 Å². The van der Waals surface area contributed by atoms with Gasteiger partial charge in [0.2, 0.25) is 0 Å². The highest BCUT2D eigenvalue weighted by atomic mass is 35.5. The van der Waals surface area contributed by atoms with Crippen molar-refractivity contribution in [2.24, 2.45) is 5.16 Å². The molecule has 4 heteroatoms. The number of benzene rings is 1. The van der Waals surface area contributed by atoms with Gasteiger partial charge in [-0.15, -0.1) is 12.4 Å². The smallest absolute Gasteiger partial charge is 0.0749 e. The van der Waals surface area contributed by atoms with E-state index in [0.29, 0.717) is 5.56 Å². The van der Waals surface area contributed by atoms with Gasteiger partial charge < -0.3 is 5.21 Å². The minimum absolute atomic E-state index is 0. The van der Waals surface area contributed by atoms with Crippen LogP contribution in [0, 0.1) is 11.8 Å². The summed E-state index contributed by atoms with van der Waals surface area (Å²) in [5.41, 5.74) is 2.45. The van der Waals surface area contributed by atoms with E-state index in [1.54, 1.807) is 12.4 Å². The Bertz CT molecular complexity index is 585. The zero-order valence-corrected chi connectivity index (χ0v) is 10.3. The van der Waals surface area contributed by atoms with Crippen molar-refractivity contribution >= 4 is 18.6 Å². The van der Waals surface area contributed by atoms with E-state index in [1.807, 2.05) is 36.4 Å². The summed E-state index contributed by atoms with van der Waals surface area (Å²) < 4.78 is 0. The Morgan fingerprint density at radius 1 is 1.06 bits per heavy atom. The van der Waals surface area contributed by atoms with Gasteiger partial charge in [0.15, 0.2) is 0 Å². The minimum atomic E-state index is 0. The molecule has 0 aliphatic rings. The van der Waals surface area contributed by atoms with Gasteiger partial charge in [-0.05, 0) is 18.2 Å². The van der Waals surface area contributed by atoms with Crippen LogP contribution in [0.2, 0.25) is 0 Å². The van der Waals surface area contributed by atoms with Crippen LogP contribution in [0.4, 0.5) is 0 Å². The minimum Gasteiger partial charge on any atom is -0.411 e. The Morgan fingerprint density at radius 3 is 2.50 bits per heavy atom. The number of halogens is 1. The third-order valence-electron chi connectivity index (χ3n) is 2.09. The van der Waals surface area contributed by atoms with Crippen molar-refractivity contribution in [3.05, 3.63) is 65.5 Å². The second-order valence-electron chi connectivity index (χ2n) is 3.37. The number of rotatable bonds is 1. The molecule has 2 aromatic rings. The maximum absolute atomic E-state index is 8.42. The quantitative estimate of drug-likeness (QED) is 0.370. The fourth-order valence-corrected chi connectivity index (χ4v) is 1.33. The van der Waals surface area contributed by atoms with Crippen LogP contribution in [-0.4, -0.2) is 16.4 Å². The summed E-state index contributed by atoms with van der Waals surface area (Å²) in [6.07, 6.45) is 4.60. The highest BCUT2D eigenvalue weighted by Gasteiger charge is 1.91. The molecule has 0 aliphatic heterocycles. The fourth-order valence-electron chi connectivity index (χ4n) is 1.33. The van der Waals surface area contributed by atoms with Crippen LogP contribution in [-0.2, 0) is 0 Å². The lowest BCUT2D eigenvalue weighted by atomic mass is 10.2. The monoisotopic (exact) mass is 258 g/mol. The third kappa shape index (κ3) is 3.93. The zero-order valence-electron chi connectivity index (χ0n) is 9.45. The fraction of sp³-hybridized carbons (Fsp3) is 0. The molecule has 0 aliphatic carbocycles. The van der Waals surface area contributed by atoms with Gasteiger partial charge in [0, 0.05) is 29.1 Å². The molecule has 2 rings (SSSR count). The molecule has 0 saturated heterocycles. The van der Waals surface area contributed by atoms with Crippen LogP contribution in [0.15, 0.2) is 53.9 Å². The van der Waals surface area contributed by atoms with E-state index in [1.165, 1.54) is 6.21 Å². The first kappa shape index (κ1) is 13.8. The Balaban J connectivity index is 0.00000162. The molecule has 1 aromatic heterocycles. The summed E-state index contributed by atoms with van der Waals surface area (Å²) >= 11 is 0. The molecular weight excluding hydrogens is 248 g/mol. The Kier molecular flexibility index (Phi) is 5.43. The lowest BCUT2D eigenvalue weighted by Crippen LogP contribution is -1.85. The second kappa shape index (κ2) is 7.10. The first-order chi connectivity index (χ1) is 8.38. The highest BCUT2D eigenvalue weighted by Crippen LogP contribution is 2.00. The van der Waals surface area contributed by atoms with E-state index in [0.717, 1.165) is 11.1 Å². The average Bonchev–Trinajstić information content (AvgIpc) is 2.39. The van der Waals surface area contributed by atoms with Gasteiger partial charge >= 0.3 is 0 Å². The van der Waals surface area contributed by atoms with E-state index in [2.05, 4.69) is 22.0 Å². The van der Waals surface area contributed by atoms with Crippen LogP contribution in [0.5, 0.6) is 0 Å². The molecule has 0 bridgehead atoms. The van der Waals surface area contributed by atoms with Crippen LogP contribution < -0.4 is 0 Å². The molecule has 0 saturated carbocycles. The largest absolute Gasteiger partial charge is 0.411 e. The number of oxime groups is 1. The molecule has 18 heavy (non-hydrogen) atoms. The van der Waals surface area contributed by atoms with Crippen molar-refractivity contribution in [2.75, 3.05) is 0 Å². The summed E-state index contributed by atoms with van der Waals surface area (Å²) in [4.78, 5) is 4.01. The van der Waals surface area contributed by atoms with E-state index in [-0.39, 0.29) is 12.4 Å². The number of hydrogen-bond acceptors (Lipinski definition) is 3. The van der Waals surface area contributed by atoms with Gasteiger partial charge in [-0.3, -0.25) is 4.98 Å². The number of aromatic nitrogens is 1. The van der Waals surface area contributed by atoms with E-state index >= 15 is 0 Å². The average molecular weight is 259 g/mol. The highest BCUT2D eigenvalue weighted by molar-refractivity contribution is 5.85. The Morgan fingerprint density at radius 2 is 1.78 bits per heavy atom. The van der Waals surface area contributed by atoms with Crippen molar-refractivity contribution in [3.63, 3.8) is 0 Å². The topological polar surface area (TPSA) is 45.5 Å². The number of pyridine rings is 1. The van der Waals surface area contributed by atoms with Gasteiger partial charge in [-0.2, -0.15) is 0 Å². The van der Waals surface area contributed by atoms with Crippen molar-refractivity contribution in [3.8, 4) is 11.8 Å². The van der Waals surface area contributed by atoms with E-state index in [4.69, 9.17) is 5.21 Å². The van der Waals surface area contributed by atoms with Gasteiger partial charge in [-0.25, -0.2) is 0 Å². The lowest BCUT2D eigenvalue weighted by Gasteiger charge is -1.92. The normalized spacial score (nSPS) is 9.33. The van der Waals surface area contributed by atoms with Gasteiger partial charge in [0.05, 0.1) is 6.21 Å². The molecular formula is C14H11ClN2O. The number of hydrogen-bond donors (Lipinski definition) is 1. The van der Waals surface area contributed by atoms with Crippen LogP contribution >= 0.6 is 12.4 Å². The van der Waals surface area contributed by atoms with E-state index in [9.17, 15) is 0 Å². The third-order valence-corrected chi connectivity index (χ3v) is 2.09. The summed E-state index contributed by atoms with van der Waals surface area (Å²) in [6.45, 7) is 0. The first-order valence-corrected chi connectivity index (χ1v) is 5.08. The van der Waals surface area contributed by atoms with E-state index < -0.39 is 0 Å². The molecule has 1 aromatic carbocycles. The Labute approximate surface area is 112 Å². The van der Waals surface area contributed by atoms with Gasteiger partial charge in [0.1, 0.15) is 0 Å². The molecule has 3 nitrogen and oxygen atoms in total. The molecule has 0 amide bonds. The first-order valence-electron chi connectivity index (χ1n) is 5.08. The van der Waals surface area contributed by atoms with Crippen molar-refractivity contribution in [1.29, 1.82) is 0 Å². The Hall–Kier alpha value is -2.31. The van der Waals surface area contributed by atoms with Crippen LogP contribution in [0.1, 0.15) is 16.7 Å². The maximum Gasteiger partial charge on any atom is 0.0749 e. The van der Waals surface area contributed by atoms with Crippen molar-refractivity contribution < 1.29 is 5.21 Å². The summed E-state index contributed by atoms with van der Waals surface area (Å²) in [6, 6.07) is 11.5. The maximum atomic E-state index is 8.42. The predicted molar refractivity (Wildman–Crippen MR) is 73.3 cm³/mol. The number of nitrogens with zero attached hydrogens (tertiary/aromatic N) is 2.